The highest BCUT2D eigenvalue weighted by molar-refractivity contribution is 6.36. The largest absolute Gasteiger partial charge is 0.481 e. The first-order valence-corrected chi connectivity index (χ1v) is 8.48. The summed E-state index contributed by atoms with van der Waals surface area (Å²) < 4.78 is 0. The monoisotopic (exact) mass is 346 g/mol. The van der Waals surface area contributed by atoms with Crippen molar-refractivity contribution in [3.05, 3.63) is 41.0 Å². The molecule has 0 spiro atoms. The summed E-state index contributed by atoms with van der Waals surface area (Å²) in [6, 6.07) is 7.10. The number of likely N-dealkylation sites (tertiary alicyclic amines) is 1. The highest BCUT2D eigenvalue weighted by Gasteiger charge is 2.26. The molecule has 6 heteroatoms. The molecule has 3 rings (SSSR count). The fourth-order valence-electron chi connectivity index (χ4n) is 3.29. The van der Waals surface area contributed by atoms with Gasteiger partial charge in [0.25, 0.3) is 5.91 Å². The Morgan fingerprint density at radius 1 is 1.33 bits per heavy atom. The van der Waals surface area contributed by atoms with Gasteiger partial charge < -0.3 is 10.0 Å². The molecule has 5 nitrogen and oxygen atoms in total. The van der Waals surface area contributed by atoms with Crippen molar-refractivity contribution in [2.75, 3.05) is 13.1 Å². The van der Waals surface area contributed by atoms with Crippen LogP contribution in [0.25, 0.3) is 10.9 Å². The van der Waals surface area contributed by atoms with Crippen LogP contribution in [0.3, 0.4) is 0 Å². The van der Waals surface area contributed by atoms with E-state index in [-0.39, 0.29) is 18.2 Å². The Kier molecular flexibility index (Phi) is 5.00. The smallest absolute Gasteiger partial charge is 0.303 e. The molecule has 126 valence electrons. The molecule has 1 aromatic heterocycles. The number of pyridine rings is 1. The number of carboxylic acids is 1. The molecule has 2 heterocycles. The van der Waals surface area contributed by atoms with E-state index in [0.29, 0.717) is 35.6 Å². The fraction of sp³-hybridized carbons (Fsp3) is 0.389. The number of nitrogens with zero attached hydrogens (tertiary/aromatic N) is 2. The summed E-state index contributed by atoms with van der Waals surface area (Å²) >= 11 is 6.19. The van der Waals surface area contributed by atoms with E-state index in [1.807, 2.05) is 11.0 Å². The lowest BCUT2D eigenvalue weighted by Gasteiger charge is -2.33. The molecular weight excluding hydrogens is 328 g/mol. The van der Waals surface area contributed by atoms with Crippen LogP contribution in [-0.4, -0.2) is 40.0 Å². The standard InChI is InChI=1S/C18H19ClN2O3/c19-15-7-6-14(17-13(15)4-1-9-20-17)18(24)21-10-2-3-12(11-21)5-8-16(22)23/h1,4,6-7,9,12H,2-3,5,8,10-11H2,(H,22,23). The number of halogens is 1. The van der Waals surface area contributed by atoms with Gasteiger partial charge in [-0.3, -0.25) is 14.6 Å². The lowest BCUT2D eigenvalue weighted by molar-refractivity contribution is -0.137. The summed E-state index contributed by atoms with van der Waals surface area (Å²) in [4.78, 5) is 29.8. The van der Waals surface area contributed by atoms with E-state index in [2.05, 4.69) is 4.98 Å². The molecule has 0 bridgehead atoms. The van der Waals surface area contributed by atoms with Gasteiger partial charge in [0.05, 0.1) is 16.1 Å². The van der Waals surface area contributed by atoms with Crippen molar-refractivity contribution < 1.29 is 14.7 Å². The molecule has 1 atom stereocenters. The second-order valence-electron chi connectivity index (χ2n) is 6.19. The minimum atomic E-state index is -0.786. The zero-order chi connectivity index (χ0) is 17.1. The van der Waals surface area contributed by atoms with E-state index in [1.165, 1.54) is 0 Å². The lowest BCUT2D eigenvalue weighted by Crippen LogP contribution is -2.40. The van der Waals surface area contributed by atoms with E-state index >= 15 is 0 Å². The first-order chi connectivity index (χ1) is 11.6. The number of amides is 1. The van der Waals surface area contributed by atoms with Gasteiger partial charge in [0.1, 0.15) is 0 Å². The molecule has 0 saturated carbocycles. The number of aromatic nitrogens is 1. The van der Waals surface area contributed by atoms with E-state index < -0.39 is 5.97 Å². The number of aliphatic carboxylic acids is 1. The van der Waals surface area contributed by atoms with Crippen molar-refractivity contribution >= 4 is 34.4 Å². The summed E-state index contributed by atoms with van der Waals surface area (Å²) in [5.41, 5.74) is 1.16. The van der Waals surface area contributed by atoms with Crippen molar-refractivity contribution in [3.63, 3.8) is 0 Å². The molecule has 1 aliphatic rings. The Labute approximate surface area is 145 Å². The Hall–Kier alpha value is -2.14. The van der Waals surface area contributed by atoms with Gasteiger partial charge in [-0.15, -0.1) is 0 Å². The molecule has 1 saturated heterocycles. The third-order valence-electron chi connectivity index (χ3n) is 4.52. The van der Waals surface area contributed by atoms with E-state index in [0.717, 1.165) is 18.2 Å². The van der Waals surface area contributed by atoms with Crippen LogP contribution in [0.1, 0.15) is 36.0 Å². The van der Waals surface area contributed by atoms with Crippen LogP contribution in [0, 0.1) is 5.92 Å². The van der Waals surface area contributed by atoms with Crippen LogP contribution >= 0.6 is 11.6 Å². The van der Waals surface area contributed by atoms with Gasteiger partial charge in [-0.2, -0.15) is 0 Å². The molecule has 1 aliphatic heterocycles. The lowest BCUT2D eigenvalue weighted by atomic mass is 9.93. The summed E-state index contributed by atoms with van der Waals surface area (Å²) in [5, 5.41) is 10.2. The van der Waals surface area contributed by atoms with Gasteiger partial charge >= 0.3 is 5.97 Å². The Morgan fingerprint density at radius 3 is 2.96 bits per heavy atom. The van der Waals surface area contributed by atoms with Gasteiger partial charge in [0.15, 0.2) is 0 Å². The number of piperidine rings is 1. The van der Waals surface area contributed by atoms with Gasteiger partial charge in [0.2, 0.25) is 0 Å². The molecule has 2 aromatic rings. The molecule has 1 unspecified atom stereocenters. The molecule has 0 aliphatic carbocycles. The number of hydrogen-bond donors (Lipinski definition) is 1. The normalized spacial score (nSPS) is 17.9. The van der Waals surface area contributed by atoms with Gasteiger partial charge in [-0.05, 0) is 49.4 Å². The van der Waals surface area contributed by atoms with Crippen molar-refractivity contribution in [2.45, 2.75) is 25.7 Å². The van der Waals surface area contributed by atoms with Crippen molar-refractivity contribution in [3.8, 4) is 0 Å². The molecule has 1 amide bonds. The average Bonchev–Trinajstić information content (AvgIpc) is 2.60. The van der Waals surface area contributed by atoms with Crippen LogP contribution in [0.5, 0.6) is 0 Å². The maximum Gasteiger partial charge on any atom is 0.303 e. The number of fused-ring (bicyclic) bond motifs is 1. The number of benzene rings is 1. The molecular formula is C18H19ClN2O3. The quantitative estimate of drug-likeness (QED) is 0.918. The number of carbonyl (C=O) groups excluding carboxylic acids is 1. The first kappa shape index (κ1) is 16.7. The highest BCUT2D eigenvalue weighted by atomic mass is 35.5. The van der Waals surface area contributed by atoms with Crippen LogP contribution in [0.2, 0.25) is 5.02 Å². The highest BCUT2D eigenvalue weighted by Crippen LogP contribution is 2.28. The maximum absolute atomic E-state index is 12.9. The summed E-state index contributed by atoms with van der Waals surface area (Å²) in [7, 11) is 0. The van der Waals surface area contributed by atoms with Crippen LogP contribution < -0.4 is 0 Å². The average molecular weight is 347 g/mol. The molecule has 1 fully saturated rings. The number of carbonyl (C=O) groups is 2. The molecule has 24 heavy (non-hydrogen) atoms. The number of hydrogen-bond acceptors (Lipinski definition) is 3. The van der Waals surface area contributed by atoms with Crippen LogP contribution in [0.4, 0.5) is 0 Å². The molecule has 1 aromatic carbocycles. The third-order valence-corrected chi connectivity index (χ3v) is 4.85. The third kappa shape index (κ3) is 3.51. The van der Waals surface area contributed by atoms with Crippen LogP contribution in [0.15, 0.2) is 30.5 Å². The second-order valence-corrected chi connectivity index (χ2v) is 6.59. The summed E-state index contributed by atoms with van der Waals surface area (Å²) in [6.07, 6.45) is 4.28. The molecule has 1 N–H and O–H groups in total. The zero-order valence-corrected chi connectivity index (χ0v) is 14.0. The summed E-state index contributed by atoms with van der Waals surface area (Å²) in [5.74, 6) is -0.605. The van der Waals surface area contributed by atoms with Gasteiger partial charge in [-0.1, -0.05) is 11.6 Å². The SMILES string of the molecule is O=C(O)CCC1CCCN(C(=O)c2ccc(Cl)c3cccnc23)C1. The fourth-order valence-corrected chi connectivity index (χ4v) is 3.51. The number of rotatable bonds is 4. The minimum absolute atomic E-state index is 0.0598. The van der Waals surface area contributed by atoms with Crippen molar-refractivity contribution in [2.24, 2.45) is 5.92 Å². The summed E-state index contributed by atoms with van der Waals surface area (Å²) in [6.45, 7) is 1.29. The minimum Gasteiger partial charge on any atom is -0.481 e. The van der Waals surface area contributed by atoms with Crippen molar-refractivity contribution in [1.29, 1.82) is 0 Å². The second kappa shape index (κ2) is 7.18. The predicted octanol–water partition coefficient (Wildman–Crippen LogP) is 3.61. The topological polar surface area (TPSA) is 70.5 Å². The van der Waals surface area contributed by atoms with E-state index in [1.54, 1.807) is 24.4 Å². The Balaban J connectivity index is 1.81. The van der Waals surface area contributed by atoms with Gasteiger partial charge in [0, 0.05) is 31.1 Å². The predicted molar refractivity (Wildman–Crippen MR) is 92.3 cm³/mol. The number of carboxylic acid groups (broad SMARTS) is 1. The van der Waals surface area contributed by atoms with Crippen molar-refractivity contribution in [1.82, 2.24) is 9.88 Å². The Bertz CT molecular complexity index is 778. The first-order valence-electron chi connectivity index (χ1n) is 8.10. The van der Waals surface area contributed by atoms with Crippen LogP contribution in [-0.2, 0) is 4.79 Å². The molecule has 0 radical (unpaired) electrons. The van der Waals surface area contributed by atoms with E-state index in [9.17, 15) is 9.59 Å². The zero-order valence-electron chi connectivity index (χ0n) is 13.2. The Morgan fingerprint density at radius 2 is 2.17 bits per heavy atom. The maximum atomic E-state index is 12.9. The van der Waals surface area contributed by atoms with Gasteiger partial charge in [-0.25, -0.2) is 0 Å². The van der Waals surface area contributed by atoms with E-state index in [4.69, 9.17) is 16.7 Å².